The van der Waals surface area contributed by atoms with E-state index in [-0.39, 0.29) is 5.78 Å². The van der Waals surface area contributed by atoms with Gasteiger partial charge in [-0.1, -0.05) is 180 Å². The average molecular weight is 785 g/mol. The standard InChI is InChI=1S/C54H64OSi2/c1-33(2)56(34(3)4,35(5)6)53-49-29-28-47(46-25-23-41-19-15-17-21-43(41)31-46)51(39(13)55)52(49)54(57(36(7)8,37(9)10)38(11)12)48-27-26-45(32-50(48)53)44-24-22-40-18-14-16-20-42(40)30-44/h14-38H,1-13H3. The van der Waals surface area contributed by atoms with Crippen molar-refractivity contribution in [1.29, 1.82) is 0 Å². The maximum Gasteiger partial charge on any atom is 0.161 e. The van der Waals surface area contributed by atoms with Crippen LogP contribution in [0.4, 0.5) is 0 Å². The van der Waals surface area contributed by atoms with Crippen molar-refractivity contribution in [3.05, 3.63) is 121 Å². The lowest BCUT2D eigenvalue weighted by Gasteiger charge is -2.48. The molecule has 0 saturated heterocycles. The third-order valence-electron chi connectivity index (χ3n) is 14.4. The van der Waals surface area contributed by atoms with Gasteiger partial charge in [0.25, 0.3) is 0 Å². The zero-order valence-electron chi connectivity index (χ0n) is 36.8. The number of carbonyl (C=O) groups is 1. The van der Waals surface area contributed by atoms with Crippen LogP contribution in [0.15, 0.2) is 115 Å². The molecule has 0 heterocycles. The molecule has 0 aliphatic heterocycles. The number of hydrogen-bond acceptors (Lipinski definition) is 1. The van der Waals surface area contributed by atoms with Gasteiger partial charge in [0, 0.05) is 5.56 Å². The monoisotopic (exact) mass is 784 g/mol. The molecule has 0 atom stereocenters. The fourth-order valence-electron chi connectivity index (χ4n) is 12.5. The van der Waals surface area contributed by atoms with E-state index in [1.165, 1.54) is 59.4 Å². The lowest BCUT2D eigenvalue weighted by Crippen LogP contribution is -2.59. The SMILES string of the molecule is CC(=O)c1c(-c2ccc3ccccc3c2)ccc2c([Si](C(C)C)(C(C)C)C(C)C)c3cc(-c4ccc5ccccc5c4)ccc3c([Si](C(C)C)(C(C)C)C(C)C)c12. The fourth-order valence-corrected chi connectivity index (χ4v) is 26.7. The molecule has 0 fully saturated rings. The summed E-state index contributed by atoms with van der Waals surface area (Å²) in [5, 5.41) is 13.4. The number of hydrogen-bond donors (Lipinski definition) is 0. The van der Waals surface area contributed by atoms with E-state index in [1.54, 1.807) is 5.19 Å². The van der Waals surface area contributed by atoms with Gasteiger partial charge in [-0.25, -0.2) is 0 Å². The van der Waals surface area contributed by atoms with Crippen molar-refractivity contribution in [2.75, 3.05) is 0 Å². The van der Waals surface area contributed by atoms with Gasteiger partial charge in [-0.3, -0.25) is 4.79 Å². The van der Waals surface area contributed by atoms with Crippen LogP contribution in [0, 0.1) is 0 Å². The second kappa shape index (κ2) is 15.5. The molecule has 3 heteroatoms. The minimum absolute atomic E-state index is 0.160. The minimum Gasteiger partial charge on any atom is -0.294 e. The molecule has 57 heavy (non-hydrogen) atoms. The van der Waals surface area contributed by atoms with Gasteiger partial charge >= 0.3 is 0 Å². The van der Waals surface area contributed by atoms with Gasteiger partial charge < -0.3 is 0 Å². The predicted molar refractivity (Wildman–Crippen MR) is 259 cm³/mol. The predicted octanol–water partition coefficient (Wildman–Crippen LogP) is 15.6. The van der Waals surface area contributed by atoms with E-state index >= 15 is 0 Å². The molecule has 7 aromatic carbocycles. The Kier molecular flexibility index (Phi) is 11.1. The van der Waals surface area contributed by atoms with Crippen molar-refractivity contribution in [2.24, 2.45) is 0 Å². The molecule has 7 rings (SSSR count). The first-order chi connectivity index (χ1) is 27.1. The Morgan fingerprint density at radius 2 is 0.807 bits per heavy atom. The number of ketones is 1. The van der Waals surface area contributed by atoms with Gasteiger partial charge in [0.15, 0.2) is 5.78 Å². The number of carbonyl (C=O) groups excluding carboxylic acids is 1. The summed E-state index contributed by atoms with van der Waals surface area (Å²) >= 11 is 0. The van der Waals surface area contributed by atoms with Crippen molar-refractivity contribution in [3.8, 4) is 22.3 Å². The molecule has 0 bridgehead atoms. The van der Waals surface area contributed by atoms with Crippen molar-refractivity contribution in [1.82, 2.24) is 0 Å². The van der Waals surface area contributed by atoms with Gasteiger partial charge in [0.1, 0.15) is 0 Å². The molecule has 0 amide bonds. The van der Waals surface area contributed by atoms with E-state index in [0.29, 0.717) is 33.2 Å². The third kappa shape index (κ3) is 6.36. The summed E-state index contributed by atoms with van der Waals surface area (Å²) in [7, 11) is -4.76. The maximum absolute atomic E-state index is 14.8. The molecule has 0 aromatic heterocycles. The Morgan fingerprint density at radius 1 is 0.404 bits per heavy atom. The fraction of sp³-hybridized carbons (Fsp3) is 0.352. The Hall–Kier alpha value is -4.32. The van der Waals surface area contributed by atoms with E-state index in [0.717, 1.165) is 16.7 Å². The van der Waals surface area contributed by atoms with Crippen LogP contribution in [-0.4, -0.2) is 21.9 Å². The van der Waals surface area contributed by atoms with Crippen molar-refractivity contribution in [2.45, 2.75) is 123 Å². The molecule has 0 aliphatic carbocycles. The van der Waals surface area contributed by atoms with Crippen LogP contribution in [0.5, 0.6) is 0 Å². The molecule has 0 unspecified atom stereocenters. The van der Waals surface area contributed by atoms with Crippen LogP contribution in [0.2, 0.25) is 33.2 Å². The topological polar surface area (TPSA) is 17.1 Å². The van der Waals surface area contributed by atoms with Crippen molar-refractivity contribution in [3.63, 3.8) is 0 Å². The third-order valence-corrected chi connectivity index (χ3v) is 28.6. The molecule has 0 radical (unpaired) electrons. The average Bonchev–Trinajstić information content (AvgIpc) is 3.17. The first kappa shape index (κ1) is 40.9. The highest BCUT2D eigenvalue weighted by Crippen LogP contribution is 2.49. The summed E-state index contributed by atoms with van der Waals surface area (Å²) in [5.41, 5.74) is 8.46. The van der Waals surface area contributed by atoms with E-state index in [9.17, 15) is 4.79 Å². The molecule has 7 aromatic rings. The van der Waals surface area contributed by atoms with Crippen LogP contribution in [-0.2, 0) is 0 Å². The largest absolute Gasteiger partial charge is 0.294 e. The van der Waals surface area contributed by atoms with Gasteiger partial charge in [0.2, 0.25) is 0 Å². The Balaban J connectivity index is 1.78. The molecule has 294 valence electrons. The van der Waals surface area contributed by atoms with Gasteiger partial charge in [-0.05, 0) is 134 Å². The zero-order chi connectivity index (χ0) is 41.1. The summed E-state index contributed by atoms with van der Waals surface area (Å²) in [4.78, 5) is 14.8. The van der Waals surface area contributed by atoms with E-state index < -0.39 is 16.1 Å². The van der Waals surface area contributed by atoms with Crippen LogP contribution >= 0.6 is 0 Å². The van der Waals surface area contributed by atoms with Crippen molar-refractivity contribution < 1.29 is 4.79 Å². The molecule has 0 saturated carbocycles. The highest BCUT2D eigenvalue weighted by atomic mass is 28.3. The minimum atomic E-state index is -2.41. The normalized spacial score (nSPS) is 13.0. The van der Waals surface area contributed by atoms with Gasteiger partial charge in [0.05, 0.1) is 16.1 Å². The first-order valence-corrected chi connectivity index (χ1v) is 26.1. The Morgan fingerprint density at radius 3 is 1.30 bits per heavy atom. The van der Waals surface area contributed by atoms with Crippen LogP contribution in [0.1, 0.15) is 100 Å². The van der Waals surface area contributed by atoms with E-state index in [4.69, 9.17) is 0 Å². The highest BCUT2D eigenvalue weighted by molar-refractivity contribution is 7.01. The van der Waals surface area contributed by atoms with Crippen LogP contribution in [0.3, 0.4) is 0 Å². The summed E-state index contributed by atoms with van der Waals surface area (Å²) in [5.74, 6) is 0.160. The van der Waals surface area contributed by atoms with Crippen LogP contribution < -0.4 is 10.4 Å². The quantitative estimate of drug-likeness (QED) is 0.0725. The Bertz CT molecular complexity index is 2600. The molecular weight excluding hydrogens is 721 g/mol. The first-order valence-electron chi connectivity index (χ1n) is 21.6. The summed E-state index contributed by atoms with van der Waals surface area (Å²) < 4.78 is 0. The molecule has 1 nitrogen and oxygen atoms in total. The van der Waals surface area contributed by atoms with Crippen LogP contribution in [0.25, 0.3) is 65.3 Å². The lowest BCUT2D eigenvalue weighted by atomic mass is 9.89. The van der Waals surface area contributed by atoms with E-state index in [1.807, 2.05) is 6.92 Å². The van der Waals surface area contributed by atoms with Gasteiger partial charge in [-0.2, -0.15) is 0 Å². The summed E-state index contributed by atoms with van der Waals surface area (Å²) in [6, 6.07) is 43.3. The molecular formula is C54H64OSi2. The van der Waals surface area contributed by atoms with Crippen molar-refractivity contribution >= 4 is 75.4 Å². The number of rotatable bonds is 11. The maximum atomic E-state index is 14.8. The smallest absolute Gasteiger partial charge is 0.161 e. The molecule has 0 spiro atoms. The molecule has 0 N–H and O–H groups in total. The molecule has 0 aliphatic rings. The summed E-state index contributed by atoms with van der Waals surface area (Å²) in [6.07, 6.45) is 0. The van der Waals surface area contributed by atoms with E-state index in [2.05, 4.69) is 198 Å². The number of Topliss-reactive ketones (excluding diaryl/α,β-unsaturated/α-hetero) is 1. The zero-order valence-corrected chi connectivity index (χ0v) is 38.8. The Labute approximate surface area is 344 Å². The highest BCUT2D eigenvalue weighted by Gasteiger charge is 2.50. The lowest BCUT2D eigenvalue weighted by molar-refractivity contribution is 0.102. The second-order valence-electron chi connectivity index (χ2n) is 18.9. The second-order valence-corrected chi connectivity index (χ2v) is 30.6. The van der Waals surface area contributed by atoms with Gasteiger partial charge in [-0.15, -0.1) is 0 Å². The number of fused-ring (bicyclic) bond motifs is 4. The summed E-state index contributed by atoms with van der Waals surface area (Å²) in [6.45, 7) is 31.7. The number of benzene rings is 7.